The predicted octanol–water partition coefficient (Wildman–Crippen LogP) is 2.31. The number of nitrogens with one attached hydrogen (secondary N) is 1. The smallest absolute Gasteiger partial charge is 0.303 e. The maximum Gasteiger partial charge on any atom is 0.303 e. The molecule has 9 heteroatoms. The fourth-order valence-corrected chi connectivity index (χ4v) is 4.95. The van der Waals surface area contributed by atoms with E-state index in [2.05, 4.69) is 18.3 Å². The lowest BCUT2D eigenvalue weighted by Gasteiger charge is -2.40. The number of ether oxygens (including phenoxy) is 4. The van der Waals surface area contributed by atoms with E-state index in [4.69, 9.17) is 18.9 Å². The molecule has 0 unspecified atom stereocenters. The van der Waals surface area contributed by atoms with Gasteiger partial charge in [0.25, 0.3) is 0 Å². The lowest BCUT2D eigenvalue weighted by Crippen LogP contribution is -2.54. The number of aliphatic hydroxyl groups is 2. The maximum absolute atomic E-state index is 12.3. The van der Waals surface area contributed by atoms with E-state index >= 15 is 0 Å². The van der Waals surface area contributed by atoms with Gasteiger partial charge < -0.3 is 34.5 Å². The van der Waals surface area contributed by atoms with Gasteiger partial charge in [-0.15, -0.1) is 0 Å². The molecule has 0 bridgehead atoms. The minimum Gasteiger partial charge on any atom is -0.459 e. The van der Waals surface area contributed by atoms with Crippen molar-refractivity contribution in [2.45, 2.75) is 109 Å². The van der Waals surface area contributed by atoms with Gasteiger partial charge in [0, 0.05) is 19.4 Å². The molecule has 9 atom stereocenters. The van der Waals surface area contributed by atoms with Crippen molar-refractivity contribution >= 4 is 11.9 Å². The van der Waals surface area contributed by atoms with Crippen LogP contribution in [0, 0.1) is 5.92 Å². The molecular weight excluding hydrogens is 466 g/mol. The molecule has 3 aliphatic rings. The minimum absolute atomic E-state index is 0.0106. The molecule has 1 spiro atoms. The largest absolute Gasteiger partial charge is 0.459 e. The number of carbonyl (C=O) groups excluding carboxylic acids is 2. The molecule has 3 N–H and O–H groups in total. The highest BCUT2D eigenvalue weighted by molar-refractivity contribution is 5.87. The number of carbonyl (C=O) groups is 2. The van der Waals surface area contributed by atoms with Crippen molar-refractivity contribution in [3.63, 3.8) is 0 Å². The van der Waals surface area contributed by atoms with Crippen LogP contribution in [-0.2, 0) is 28.5 Å². The number of allylic oxidation sites excluding steroid dienone is 2. The number of esters is 1. The SMILES string of the molecule is CC(=O)O[C@@H](C)/C=C\C(=O)N[C@H]1C[C@H](C)[C@H](C/C=C(C)/C=C/[C@H]2O[C@](C)(O)C[C@]3(CO3)[C@H]2O)O[C@@H]1C. The summed E-state index contributed by atoms with van der Waals surface area (Å²) in [5, 5.41) is 23.9. The molecule has 3 fully saturated rings. The van der Waals surface area contributed by atoms with Crippen molar-refractivity contribution in [1.82, 2.24) is 5.32 Å². The molecule has 0 saturated carbocycles. The van der Waals surface area contributed by atoms with Crippen molar-refractivity contribution in [1.29, 1.82) is 0 Å². The summed E-state index contributed by atoms with van der Waals surface area (Å²) in [6.07, 6.45) is 8.33. The molecule has 0 radical (unpaired) electrons. The number of hydrogen-bond donors (Lipinski definition) is 3. The Labute approximate surface area is 213 Å². The summed E-state index contributed by atoms with van der Waals surface area (Å²) in [6, 6.07) is -0.114. The topological polar surface area (TPSA) is 127 Å². The highest BCUT2D eigenvalue weighted by Crippen LogP contribution is 2.45. The fraction of sp³-hybridized carbons (Fsp3) is 0.704. The zero-order valence-corrected chi connectivity index (χ0v) is 22.1. The minimum atomic E-state index is -1.34. The second-order valence-electron chi connectivity index (χ2n) is 10.7. The quantitative estimate of drug-likeness (QED) is 0.198. The summed E-state index contributed by atoms with van der Waals surface area (Å²) in [5.74, 6) is -1.75. The maximum atomic E-state index is 12.3. The van der Waals surface area contributed by atoms with E-state index in [1.807, 2.05) is 19.9 Å². The Hall–Kier alpha value is -2.04. The van der Waals surface area contributed by atoms with Crippen LogP contribution in [0.5, 0.6) is 0 Å². The molecule has 1 amide bonds. The Balaban J connectivity index is 1.49. The summed E-state index contributed by atoms with van der Waals surface area (Å²) in [5.41, 5.74) is 0.283. The van der Waals surface area contributed by atoms with Crippen LogP contribution in [0.3, 0.4) is 0 Å². The van der Waals surface area contributed by atoms with Crippen LogP contribution in [0.25, 0.3) is 0 Å². The van der Waals surface area contributed by atoms with E-state index in [-0.39, 0.29) is 36.5 Å². The third-order valence-electron chi connectivity index (χ3n) is 7.02. The Morgan fingerprint density at radius 3 is 2.58 bits per heavy atom. The number of hydrogen-bond acceptors (Lipinski definition) is 8. The number of aliphatic hydroxyl groups excluding tert-OH is 1. The number of amides is 1. The Morgan fingerprint density at radius 2 is 1.94 bits per heavy atom. The lowest BCUT2D eigenvalue weighted by molar-refractivity contribution is -0.272. The zero-order valence-electron chi connectivity index (χ0n) is 22.1. The first-order chi connectivity index (χ1) is 16.8. The second-order valence-corrected chi connectivity index (χ2v) is 10.7. The van der Waals surface area contributed by atoms with Gasteiger partial charge in [-0.25, -0.2) is 0 Å². The summed E-state index contributed by atoms with van der Waals surface area (Å²) in [7, 11) is 0. The highest BCUT2D eigenvalue weighted by Gasteiger charge is 2.61. The summed E-state index contributed by atoms with van der Waals surface area (Å²) >= 11 is 0. The van der Waals surface area contributed by atoms with Crippen molar-refractivity contribution in [3.8, 4) is 0 Å². The van der Waals surface area contributed by atoms with Gasteiger partial charge in [0.15, 0.2) is 5.79 Å². The number of epoxide rings is 1. The van der Waals surface area contributed by atoms with E-state index in [1.165, 1.54) is 13.0 Å². The van der Waals surface area contributed by atoms with E-state index in [1.54, 1.807) is 26.0 Å². The van der Waals surface area contributed by atoms with Crippen LogP contribution in [-0.4, -0.2) is 76.6 Å². The second kappa shape index (κ2) is 11.6. The standard InChI is InChI=1S/C27H41NO8/c1-16(8-11-23-25(31)27(15-33-27)14-26(6,32)36-23)7-10-22-17(2)13-21(19(4)35-22)28-24(30)12-9-18(3)34-20(5)29/h7-9,11-12,17-19,21-23,25,31-32H,10,13-15H2,1-6H3,(H,28,30)/b11-8+,12-9-,16-7+/t17-,18-,19+,21-,22-,23+,25-,26-,27-/m0/s1. The number of rotatable bonds is 8. The molecule has 3 aliphatic heterocycles. The average molecular weight is 508 g/mol. The van der Waals surface area contributed by atoms with E-state index in [0.29, 0.717) is 13.0 Å². The van der Waals surface area contributed by atoms with Crippen molar-refractivity contribution in [2.24, 2.45) is 5.92 Å². The zero-order chi connectivity index (χ0) is 26.7. The van der Waals surface area contributed by atoms with Gasteiger partial charge in [0.1, 0.15) is 23.9 Å². The first kappa shape index (κ1) is 28.5. The molecule has 0 aromatic heterocycles. The first-order valence-corrected chi connectivity index (χ1v) is 12.7. The molecule has 202 valence electrons. The molecule has 36 heavy (non-hydrogen) atoms. The van der Waals surface area contributed by atoms with Gasteiger partial charge in [-0.3, -0.25) is 9.59 Å². The van der Waals surface area contributed by atoms with Crippen molar-refractivity contribution in [3.05, 3.63) is 36.0 Å². The highest BCUT2D eigenvalue weighted by atomic mass is 16.7. The molecule has 3 heterocycles. The molecule has 0 aromatic rings. The van der Waals surface area contributed by atoms with Gasteiger partial charge in [0.05, 0.1) is 24.9 Å². The van der Waals surface area contributed by atoms with Gasteiger partial charge in [-0.2, -0.15) is 0 Å². The van der Waals surface area contributed by atoms with Gasteiger partial charge in [0.2, 0.25) is 5.91 Å². The molecule has 9 nitrogen and oxygen atoms in total. The van der Waals surface area contributed by atoms with Crippen LogP contribution in [0.4, 0.5) is 0 Å². The fourth-order valence-electron chi connectivity index (χ4n) is 4.95. The normalized spacial score (nSPS) is 39.9. The van der Waals surface area contributed by atoms with Crippen LogP contribution in [0.2, 0.25) is 0 Å². The predicted molar refractivity (Wildman–Crippen MR) is 133 cm³/mol. The van der Waals surface area contributed by atoms with Crippen LogP contribution in [0.1, 0.15) is 60.8 Å². The van der Waals surface area contributed by atoms with Gasteiger partial charge >= 0.3 is 5.97 Å². The first-order valence-electron chi connectivity index (χ1n) is 12.7. The average Bonchev–Trinajstić information content (AvgIpc) is 3.54. The molecule has 3 rings (SSSR count). The molecule has 0 aliphatic carbocycles. The molecular formula is C27H41NO8. The van der Waals surface area contributed by atoms with Crippen molar-refractivity contribution < 1.29 is 38.7 Å². The Bertz CT molecular complexity index is 890. The third kappa shape index (κ3) is 7.73. The Kier molecular flexibility index (Phi) is 9.16. The summed E-state index contributed by atoms with van der Waals surface area (Å²) < 4.78 is 22.3. The van der Waals surface area contributed by atoms with Crippen molar-refractivity contribution in [2.75, 3.05) is 6.61 Å². The van der Waals surface area contributed by atoms with Crippen LogP contribution < -0.4 is 5.32 Å². The molecule has 3 saturated heterocycles. The summed E-state index contributed by atoms with van der Waals surface area (Å²) in [4.78, 5) is 23.3. The van der Waals surface area contributed by atoms with E-state index < -0.39 is 35.7 Å². The molecule has 0 aromatic carbocycles. The van der Waals surface area contributed by atoms with E-state index in [0.717, 1.165) is 12.0 Å². The summed E-state index contributed by atoms with van der Waals surface area (Å²) in [6.45, 7) is 11.1. The van der Waals surface area contributed by atoms with Gasteiger partial charge in [-0.1, -0.05) is 30.7 Å². The Morgan fingerprint density at radius 1 is 1.25 bits per heavy atom. The third-order valence-corrected chi connectivity index (χ3v) is 7.02. The van der Waals surface area contributed by atoms with Crippen LogP contribution >= 0.6 is 0 Å². The monoisotopic (exact) mass is 507 g/mol. The van der Waals surface area contributed by atoms with Gasteiger partial charge in [-0.05, 0) is 52.5 Å². The van der Waals surface area contributed by atoms with Crippen LogP contribution in [0.15, 0.2) is 36.0 Å². The van der Waals surface area contributed by atoms with E-state index in [9.17, 15) is 19.8 Å². The lowest BCUT2D eigenvalue weighted by atomic mass is 9.87.